The molecule has 1 atom stereocenters. The monoisotopic (exact) mass is 329 g/mol. The minimum absolute atomic E-state index is 0.418. The molecular formula is C19H27N3O2. The third-order valence-corrected chi connectivity index (χ3v) is 4.54. The number of aromatic amines is 1. The maximum absolute atomic E-state index is 12.0. The average Bonchev–Trinajstić information content (AvgIpc) is 2.82. The molecule has 0 saturated carbocycles. The lowest BCUT2D eigenvalue weighted by atomic mass is 9.91. The summed E-state index contributed by atoms with van der Waals surface area (Å²) in [7, 11) is 4.28. The number of aryl methyl sites for hydroxylation is 1. The molecule has 3 rings (SSSR count). The van der Waals surface area contributed by atoms with E-state index in [9.17, 15) is 4.79 Å². The van der Waals surface area contributed by atoms with E-state index in [0.29, 0.717) is 6.04 Å². The molecule has 130 valence electrons. The van der Waals surface area contributed by atoms with Crippen LogP contribution in [0.4, 0.5) is 10.5 Å². The van der Waals surface area contributed by atoms with Gasteiger partial charge in [0.05, 0.1) is 0 Å². The SMILES string of the molecule is CN(C)[C@H]1CCc2c([nH]c3ccc(NC(=O)OC(C)(C)C)cc23)C1. The van der Waals surface area contributed by atoms with Gasteiger partial charge >= 0.3 is 6.09 Å². The van der Waals surface area contributed by atoms with Crippen LogP contribution in [0.15, 0.2) is 18.2 Å². The van der Waals surface area contributed by atoms with Crippen LogP contribution in [0.3, 0.4) is 0 Å². The summed E-state index contributed by atoms with van der Waals surface area (Å²) in [6.45, 7) is 5.58. The summed E-state index contributed by atoms with van der Waals surface area (Å²) in [6.07, 6.45) is 2.86. The van der Waals surface area contributed by atoms with Crippen molar-refractivity contribution in [2.24, 2.45) is 0 Å². The number of nitrogens with one attached hydrogen (secondary N) is 2. The molecule has 2 aromatic rings. The maximum Gasteiger partial charge on any atom is 0.412 e. The van der Waals surface area contributed by atoms with Crippen molar-refractivity contribution in [3.63, 3.8) is 0 Å². The average molecular weight is 329 g/mol. The number of anilines is 1. The second-order valence-electron chi connectivity index (χ2n) is 7.83. The standard InChI is InChI=1S/C19H27N3O2/c1-19(2,3)24-18(23)20-12-6-9-16-15(10-12)14-8-7-13(22(4)5)11-17(14)21-16/h6,9-10,13,21H,7-8,11H2,1-5H3,(H,20,23)/t13-/m0/s1. The van der Waals surface area contributed by atoms with Crippen molar-refractivity contribution in [1.29, 1.82) is 0 Å². The molecular weight excluding hydrogens is 302 g/mol. The zero-order valence-corrected chi connectivity index (χ0v) is 15.2. The van der Waals surface area contributed by atoms with Crippen LogP contribution in [0.2, 0.25) is 0 Å². The van der Waals surface area contributed by atoms with E-state index in [4.69, 9.17) is 4.74 Å². The topological polar surface area (TPSA) is 57.4 Å². The third kappa shape index (κ3) is 3.56. The quantitative estimate of drug-likeness (QED) is 0.877. The number of carbonyl (C=O) groups is 1. The molecule has 0 spiro atoms. The Balaban J connectivity index is 1.83. The maximum atomic E-state index is 12.0. The number of ether oxygens (including phenoxy) is 1. The number of fused-ring (bicyclic) bond motifs is 3. The highest BCUT2D eigenvalue weighted by molar-refractivity contribution is 5.92. The van der Waals surface area contributed by atoms with Gasteiger partial charge in [-0.25, -0.2) is 4.79 Å². The van der Waals surface area contributed by atoms with Gasteiger partial charge in [0.2, 0.25) is 0 Å². The van der Waals surface area contributed by atoms with Gasteiger partial charge in [-0.15, -0.1) is 0 Å². The number of H-pyrrole nitrogens is 1. The van der Waals surface area contributed by atoms with Gasteiger partial charge in [-0.1, -0.05) is 0 Å². The summed E-state index contributed by atoms with van der Waals surface area (Å²) in [6, 6.07) is 6.58. The van der Waals surface area contributed by atoms with Gasteiger partial charge in [-0.3, -0.25) is 5.32 Å². The van der Waals surface area contributed by atoms with Crippen molar-refractivity contribution >= 4 is 22.7 Å². The minimum atomic E-state index is -0.497. The minimum Gasteiger partial charge on any atom is -0.444 e. The molecule has 0 saturated heterocycles. The number of likely N-dealkylation sites (N-methyl/N-ethyl adjacent to an activating group) is 1. The van der Waals surface area contributed by atoms with Crippen LogP contribution in [0.5, 0.6) is 0 Å². The molecule has 0 aliphatic heterocycles. The summed E-state index contributed by atoms with van der Waals surface area (Å²) >= 11 is 0. The number of benzene rings is 1. The summed E-state index contributed by atoms with van der Waals surface area (Å²) in [5, 5.41) is 4.04. The molecule has 0 radical (unpaired) electrons. The van der Waals surface area contributed by atoms with E-state index in [1.54, 1.807) is 0 Å². The van der Waals surface area contributed by atoms with Crippen LogP contribution >= 0.6 is 0 Å². The van der Waals surface area contributed by atoms with Gasteiger partial charge < -0.3 is 14.6 Å². The highest BCUT2D eigenvalue weighted by Crippen LogP contribution is 2.32. The Morgan fingerprint density at radius 1 is 1.33 bits per heavy atom. The Morgan fingerprint density at radius 2 is 2.08 bits per heavy atom. The highest BCUT2D eigenvalue weighted by Gasteiger charge is 2.24. The van der Waals surface area contributed by atoms with Crippen LogP contribution in [0.1, 0.15) is 38.4 Å². The molecule has 1 aromatic heterocycles. The van der Waals surface area contributed by atoms with E-state index in [0.717, 1.165) is 30.5 Å². The Hall–Kier alpha value is -2.01. The lowest BCUT2D eigenvalue weighted by Crippen LogP contribution is -2.33. The summed E-state index contributed by atoms with van der Waals surface area (Å²) in [5.41, 5.74) is 4.12. The van der Waals surface area contributed by atoms with E-state index >= 15 is 0 Å². The fraction of sp³-hybridized carbons (Fsp3) is 0.526. The first kappa shape index (κ1) is 16.8. The van der Waals surface area contributed by atoms with E-state index in [2.05, 4.69) is 29.3 Å². The molecule has 0 fully saturated rings. The molecule has 0 bridgehead atoms. The fourth-order valence-corrected chi connectivity index (χ4v) is 3.35. The van der Waals surface area contributed by atoms with E-state index in [1.165, 1.54) is 16.6 Å². The lowest BCUT2D eigenvalue weighted by Gasteiger charge is -2.28. The van der Waals surface area contributed by atoms with Crippen molar-refractivity contribution in [2.45, 2.75) is 51.7 Å². The third-order valence-electron chi connectivity index (χ3n) is 4.54. The van der Waals surface area contributed by atoms with Crippen molar-refractivity contribution in [2.75, 3.05) is 19.4 Å². The number of aromatic nitrogens is 1. The molecule has 24 heavy (non-hydrogen) atoms. The molecule has 5 nitrogen and oxygen atoms in total. The van der Waals surface area contributed by atoms with Crippen LogP contribution in [-0.4, -0.2) is 41.7 Å². The molecule has 1 aliphatic rings. The second kappa shape index (κ2) is 6.13. The van der Waals surface area contributed by atoms with Crippen LogP contribution in [0.25, 0.3) is 10.9 Å². The number of hydrogen-bond donors (Lipinski definition) is 2. The Bertz CT molecular complexity index is 756. The van der Waals surface area contributed by atoms with Gasteiger partial charge in [-0.05, 0) is 71.5 Å². The van der Waals surface area contributed by atoms with Crippen molar-refractivity contribution in [3.05, 3.63) is 29.5 Å². The molecule has 5 heteroatoms. The van der Waals surface area contributed by atoms with E-state index < -0.39 is 11.7 Å². The van der Waals surface area contributed by atoms with Gasteiger partial charge in [0.25, 0.3) is 0 Å². The van der Waals surface area contributed by atoms with Gasteiger partial charge in [-0.2, -0.15) is 0 Å². The highest BCUT2D eigenvalue weighted by atomic mass is 16.6. The van der Waals surface area contributed by atoms with Crippen LogP contribution in [-0.2, 0) is 17.6 Å². The number of nitrogens with zero attached hydrogens (tertiary/aromatic N) is 1. The Morgan fingerprint density at radius 3 is 2.75 bits per heavy atom. The number of amides is 1. The fourth-order valence-electron chi connectivity index (χ4n) is 3.35. The zero-order chi connectivity index (χ0) is 17.5. The zero-order valence-electron chi connectivity index (χ0n) is 15.2. The lowest BCUT2D eigenvalue weighted by molar-refractivity contribution is 0.0636. The van der Waals surface area contributed by atoms with Crippen molar-refractivity contribution in [3.8, 4) is 0 Å². The Labute approximate surface area is 143 Å². The van der Waals surface area contributed by atoms with Crippen LogP contribution in [0, 0.1) is 0 Å². The van der Waals surface area contributed by atoms with Crippen molar-refractivity contribution < 1.29 is 9.53 Å². The molecule has 1 heterocycles. The molecule has 1 amide bonds. The first-order valence-corrected chi connectivity index (χ1v) is 8.53. The Kier molecular flexibility index (Phi) is 4.30. The summed E-state index contributed by atoms with van der Waals surface area (Å²) in [5.74, 6) is 0. The first-order valence-electron chi connectivity index (χ1n) is 8.53. The van der Waals surface area contributed by atoms with Gasteiger partial charge in [0.1, 0.15) is 5.60 Å². The van der Waals surface area contributed by atoms with E-state index in [-0.39, 0.29) is 0 Å². The number of carbonyl (C=O) groups excluding carboxylic acids is 1. The number of hydrogen-bond acceptors (Lipinski definition) is 3. The summed E-state index contributed by atoms with van der Waals surface area (Å²) in [4.78, 5) is 17.8. The van der Waals surface area contributed by atoms with Crippen molar-refractivity contribution in [1.82, 2.24) is 9.88 Å². The smallest absolute Gasteiger partial charge is 0.412 e. The first-order chi connectivity index (χ1) is 11.2. The molecule has 1 aliphatic carbocycles. The second-order valence-corrected chi connectivity index (χ2v) is 7.83. The largest absolute Gasteiger partial charge is 0.444 e. The predicted octanol–water partition coefficient (Wildman–Crippen LogP) is 3.93. The number of rotatable bonds is 2. The molecule has 1 aromatic carbocycles. The normalized spacial score (nSPS) is 17.8. The van der Waals surface area contributed by atoms with Crippen LogP contribution < -0.4 is 5.32 Å². The van der Waals surface area contributed by atoms with E-state index in [1.807, 2.05) is 39.0 Å². The molecule has 2 N–H and O–H groups in total. The molecule has 0 unspecified atom stereocenters. The van der Waals surface area contributed by atoms with Gasteiger partial charge in [0.15, 0.2) is 0 Å². The predicted molar refractivity (Wildman–Crippen MR) is 97.7 cm³/mol. The summed E-state index contributed by atoms with van der Waals surface area (Å²) < 4.78 is 5.32. The van der Waals surface area contributed by atoms with Gasteiger partial charge in [0, 0.05) is 34.7 Å².